The van der Waals surface area contributed by atoms with E-state index in [1.807, 2.05) is 9.80 Å². The minimum absolute atomic E-state index is 0.132. The van der Waals surface area contributed by atoms with Crippen LogP contribution in [0.1, 0.15) is 18.5 Å². The molecule has 2 aliphatic rings. The zero-order valence-corrected chi connectivity index (χ0v) is 17.6. The van der Waals surface area contributed by atoms with Gasteiger partial charge in [0.25, 0.3) is 0 Å². The summed E-state index contributed by atoms with van der Waals surface area (Å²) in [5.74, 6) is -2.71. The average molecular weight is 442 g/mol. The van der Waals surface area contributed by atoms with Crippen molar-refractivity contribution in [2.24, 2.45) is 10.9 Å². The molecule has 2 heterocycles. The number of hydrogen-bond donors (Lipinski definition) is 1. The van der Waals surface area contributed by atoms with Crippen LogP contribution in [-0.2, 0) is 14.3 Å². The maximum atomic E-state index is 14.1. The number of nitrogens with zero attached hydrogens (tertiary/aromatic N) is 3. The molecule has 2 atom stereocenters. The highest BCUT2D eigenvalue weighted by Crippen LogP contribution is 2.31. The van der Waals surface area contributed by atoms with Crippen LogP contribution < -0.4 is 10.2 Å². The third kappa shape index (κ3) is 4.42. The van der Waals surface area contributed by atoms with E-state index >= 15 is 0 Å². The van der Waals surface area contributed by atoms with Crippen molar-refractivity contribution in [3.63, 3.8) is 0 Å². The number of benzene rings is 2. The Bertz CT molecular complexity index is 1020. The van der Waals surface area contributed by atoms with Crippen molar-refractivity contribution >= 4 is 23.5 Å². The van der Waals surface area contributed by atoms with Crippen LogP contribution in [0.2, 0.25) is 0 Å². The Labute approximate surface area is 184 Å². The Morgan fingerprint density at radius 2 is 1.72 bits per heavy atom. The monoisotopic (exact) mass is 442 g/mol. The highest BCUT2D eigenvalue weighted by atomic mass is 19.1. The molecule has 0 aliphatic carbocycles. The minimum atomic E-state index is -1.16. The first-order valence-electron chi connectivity index (χ1n) is 10.5. The Morgan fingerprint density at radius 1 is 1.06 bits per heavy atom. The van der Waals surface area contributed by atoms with Crippen LogP contribution in [0, 0.1) is 17.6 Å². The molecule has 1 saturated heterocycles. The first-order valence-corrected chi connectivity index (χ1v) is 10.5. The molecule has 0 bridgehead atoms. The summed E-state index contributed by atoms with van der Waals surface area (Å²) in [5.41, 5.74) is 1.08. The SMILES string of the molecule is CCOC(=O)[C@@H]1C(=O)NC(N2CCN(c3ccccc3F)CC2)=N[C@@H]1c1ccc(F)cc1. The minimum Gasteiger partial charge on any atom is -0.465 e. The predicted molar refractivity (Wildman–Crippen MR) is 115 cm³/mol. The van der Waals surface area contributed by atoms with Gasteiger partial charge in [-0.1, -0.05) is 24.3 Å². The summed E-state index contributed by atoms with van der Waals surface area (Å²) < 4.78 is 32.6. The molecule has 2 aromatic carbocycles. The second-order valence-corrected chi connectivity index (χ2v) is 7.59. The summed E-state index contributed by atoms with van der Waals surface area (Å²) in [5, 5.41) is 2.72. The van der Waals surface area contributed by atoms with E-state index in [1.165, 1.54) is 30.3 Å². The lowest BCUT2D eigenvalue weighted by Crippen LogP contribution is -2.57. The second kappa shape index (κ2) is 9.33. The topological polar surface area (TPSA) is 74.2 Å². The fourth-order valence-corrected chi connectivity index (χ4v) is 3.99. The zero-order chi connectivity index (χ0) is 22.7. The number of nitrogens with one attached hydrogen (secondary N) is 1. The van der Waals surface area contributed by atoms with E-state index in [9.17, 15) is 18.4 Å². The summed E-state index contributed by atoms with van der Waals surface area (Å²) in [6.45, 7) is 3.89. The summed E-state index contributed by atoms with van der Waals surface area (Å²) in [6.07, 6.45) is 0. The van der Waals surface area contributed by atoms with E-state index in [4.69, 9.17) is 4.74 Å². The van der Waals surface area contributed by atoms with Crippen LogP contribution in [0.15, 0.2) is 53.5 Å². The van der Waals surface area contributed by atoms with Gasteiger partial charge in [0.2, 0.25) is 11.9 Å². The fraction of sp³-hybridized carbons (Fsp3) is 0.348. The molecule has 168 valence electrons. The summed E-state index contributed by atoms with van der Waals surface area (Å²) >= 11 is 0. The lowest BCUT2D eigenvalue weighted by Gasteiger charge is -2.39. The van der Waals surface area contributed by atoms with Gasteiger partial charge >= 0.3 is 5.97 Å². The first kappa shape index (κ1) is 21.7. The summed E-state index contributed by atoms with van der Waals surface area (Å²) in [7, 11) is 0. The predicted octanol–water partition coefficient (Wildman–Crippen LogP) is 2.49. The fourth-order valence-electron chi connectivity index (χ4n) is 3.99. The second-order valence-electron chi connectivity index (χ2n) is 7.59. The van der Waals surface area contributed by atoms with Gasteiger partial charge in [0.15, 0.2) is 5.92 Å². The van der Waals surface area contributed by atoms with Crippen molar-refractivity contribution in [1.29, 1.82) is 0 Å². The quantitative estimate of drug-likeness (QED) is 0.582. The number of carbonyl (C=O) groups is 2. The standard InChI is InChI=1S/C23H24F2N4O3/c1-2-32-22(31)19-20(15-7-9-16(24)10-8-15)26-23(27-21(19)30)29-13-11-28(12-14-29)18-6-4-3-5-17(18)25/h3-10,19-20H,2,11-14H2,1H3,(H,26,27,30)/t19-,20+/m0/s1. The normalized spacial score (nSPS) is 21.1. The van der Waals surface area contributed by atoms with Crippen molar-refractivity contribution in [2.45, 2.75) is 13.0 Å². The summed E-state index contributed by atoms with van der Waals surface area (Å²) in [6, 6.07) is 11.3. The Morgan fingerprint density at radius 3 is 2.38 bits per heavy atom. The molecule has 0 unspecified atom stereocenters. The van der Waals surface area contributed by atoms with Gasteiger partial charge in [0.1, 0.15) is 17.7 Å². The third-order valence-electron chi connectivity index (χ3n) is 5.62. The molecule has 0 aromatic heterocycles. The number of esters is 1. The molecule has 0 radical (unpaired) electrons. The third-order valence-corrected chi connectivity index (χ3v) is 5.62. The maximum absolute atomic E-state index is 14.1. The van der Waals surface area contributed by atoms with Gasteiger partial charge in [-0.05, 0) is 36.8 Å². The van der Waals surface area contributed by atoms with Crippen molar-refractivity contribution in [3.8, 4) is 0 Å². The largest absolute Gasteiger partial charge is 0.465 e. The smallest absolute Gasteiger partial charge is 0.321 e. The number of ether oxygens (including phenoxy) is 1. The molecule has 2 aromatic rings. The van der Waals surface area contributed by atoms with Crippen LogP contribution in [0.3, 0.4) is 0 Å². The lowest BCUT2D eigenvalue weighted by atomic mass is 9.91. The van der Waals surface area contributed by atoms with Crippen LogP contribution in [0.5, 0.6) is 0 Å². The molecule has 4 rings (SSSR count). The van der Waals surface area contributed by atoms with Gasteiger partial charge < -0.3 is 14.5 Å². The maximum Gasteiger partial charge on any atom is 0.321 e. The van der Waals surface area contributed by atoms with E-state index in [0.29, 0.717) is 43.4 Å². The van der Waals surface area contributed by atoms with E-state index in [2.05, 4.69) is 10.3 Å². The van der Waals surface area contributed by atoms with Gasteiger partial charge in [0, 0.05) is 26.2 Å². The van der Waals surface area contributed by atoms with Gasteiger partial charge in [0.05, 0.1) is 12.3 Å². The first-order chi connectivity index (χ1) is 15.5. The Hall–Kier alpha value is -3.49. The van der Waals surface area contributed by atoms with E-state index in [1.54, 1.807) is 25.1 Å². The molecule has 2 aliphatic heterocycles. The number of carbonyl (C=O) groups excluding carboxylic acids is 2. The molecule has 1 N–H and O–H groups in total. The number of hydrogen-bond acceptors (Lipinski definition) is 6. The van der Waals surface area contributed by atoms with Crippen LogP contribution in [-0.4, -0.2) is 55.5 Å². The van der Waals surface area contributed by atoms with Crippen molar-refractivity contribution in [2.75, 3.05) is 37.7 Å². The van der Waals surface area contributed by atoms with Crippen molar-refractivity contribution in [3.05, 3.63) is 65.7 Å². The van der Waals surface area contributed by atoms with Gasteiger partial charge in [-0.25, -0.2) is 13.8 Å². The van der Waals surface area contributed by atoms with E-state index < -0.39 is 29.7 Å². The highest BCUT2D eigenvalue weighted by molar-refractivity contribution is 6.08. The Kier molecular flexibility index (Phi) is 6.34. The number of guanidine groups is 1. The average Bonchev–Trinajstić information content (AvgIpc) is 2.79. The van der Waals surface area contributed by atoms with Crippen molar-refractivity contribution < 1.29 is 23.1 Å². The van der Waals surface area contributed by atoms with Crippen LogP contribution in [0.25, 0.3) is 0 Å². The van der Waals surface area contributed by atoms with Gasteiger partial charge in [-0.15, -0.1) is 0 Å². The van der Waals surface area contributed by atoms with Crippen LogP contribution >= 0.6 is 0 Å². The zero-order valence-electron chi connectivity index (χ0n) is 17.6. The molecule has 32 heavy (non-hydrogen) atoms. The number of halogens is 2. The number of amides is 1. The lowest BCUT2D eigenvalue weighted by molar-refractivity contribution is -0.153. The number of aliphatic imine (C=N–C) groups is 1. The summed E-state index contributed by atoms with van der Waals surface area (Å²) in [4.78, 5) is 33.9. The molecule has 0 saturated carbocycles. The Balaban J connectivity index is 1.56. The van der Waals surface area contributed by atoms with E-state index in [-0.39, 0.29) is 12.4 Å². The number of piperazine rings is 1. The number of para-hydroxylation sites is 1. The molecule has 1 fully saturated rings. The van der Waals surface area contributed by atoms with E-state index in [0.717, 1.165) is 0 Å². The molecule has 1 amide bonds. The molecular weight excluding hydrogens is 418 g/mol. The number of anilines is 1. The van der Waals surface area contributed by atoms with Gasteiger partial charge in [-0.2, -0.15) is 0 Å². The molecular formula is C23H24F2N4O3. The van der Waals surface area contributed by atoms with Gasteiger partial charge in [-0.3, -0.25) is 14.9 Å². The highest BCUT2D eigenvalue weighted by Gasteiger charge is 2.42. The molecule has 9 heteroatoms. The molecule has 7 nitrogen and oxygen atoms in total. The molecule has 0 spiro atoms. The number of rotatable bonds is 4. The van der Waals surface area contributed by atoms with Crippen LogP contribution in [0.4, 0.5) is 14.5 Å². The van der Waals surface area contributed by atoms with Crippen molar-refractivity contribution in [1.82, 2.24) is 10.2 Å².